The molecule has 1 aromatic rings. The highest BCUT2D eigenvalue weighted by molar-refractivity contribution is 9.10. The van der Waals surface area contributed by atoms with Gasteiger partial charge >= 0.3 is 6.18 Å². The number of hydrazine groups is 1. The Morgan fingerprint density at radius 1 is 1.39 bits per heavy atom. The third kappa shape index (κ3) is 5.14. The van der Waals surface area contributed by atoms with Crippen LogP contribution in [0.1, 0.15) is 30.9 Å². The minimum atomic E-state index is -4.13. The molecule has 1 rings (SSSR count). The van der Waals surface area contributed by atoms with Gasteiger partial charge in [0.1, 0.15) is 0 Å². The molecule has 7 heteroatoms. The molecule has 0 radical (unpaired) electrons. The normalized spacial score (nSPS) is 13.7. The first kappa shape index (κ1) is 15.8. The number of halogens is 5. The Balaban J connectivity index is 2.63. The first-order valence-corrected chi connectivity index (χ1v) is 6.48. The maximum absolute atomic E-state index is 12.1. The van der Waals surface area contributed by atoms with Crippen molar-refractivity contribution in [2.24, 2.45) is 5.84 Å². The summed E-state index contributed by atoms with van der Waals surface area (Å²) < 4.78 is 36.9. The molecule has 0 fully saturated rings. The minimum absolute atomic E-state index is 0.0264. The number of hydrogen-bond acceptors (Lipinski definition) is 2. The van der Waals surface area contributed by atoms with Crippen LogP contribution in [0.2, 0.25) is 5.02 Å². The zero-order valence-corrected chi connectivity index (χ0v) is 11.7. The largest absolute Gasteiger partial charge is 0.389 e. The topological polar surface area (TPSA) is 38.0 Å². The van der Waals surface area contributed by atoms with Crippen molar-refractivity contribution < 1.29 is 13.2 Å². The maximum atomic E-state index is 12.1. The van der Waals surface area contributed by atoms with Gasteiger partial charge in [0.15, 0.2) is 0 Å². The van der Waals surface area contributed by atoms with Gasteiger partial charge in [-0.1, -0.05) is 17.7 Å². The first-order valence-electron chi connectivity index (χ1n) is 5.31. The van der Waals surface area contributed by atoms with Gasteiger partial charge in [-0.25, -0.2) is 0 Å². The fourth-order valence-electron chi connectivity index (χ4n) is 1.58. The van der Waals surface area contributed by atoms with E-state index >= 15 is 0 Å². The van der Waals surface area contributed by atoms with E-state index in [0.29, 0.717) is 15.9 Å². The molecular weight excluding hydrogens is 332 g/mol. The van der Waals surface area contributed by atoms with Gasteiger partial charge < -0.3 is 0 Å². The van der Waals surface area contributed by atoms with Crippen LogP contribution < -0.4 is 11.3 Å². The fraction of sp³-hybridized carbons (Fsp3) is 0.455. The molecule has 0 amide bonds. The van der Waals surface area contributed by atoms with Gasteiger partial charge in [0.2, 0.25) is 0 Å². The van der Waals surface area contributed by atoms with E-state index in [4.69, 9.17) is 17.4 Å². The molecule has 0 heterocycles. The predicted molar refractivity (Wildman–Crippen MR) is 69.1 cm³/mol. The van der Waals surface area contributed by atoms with Crippen molar-refractivity contribution in [1.29, 1.82) is 0 Å². The van der Waals surface area contributed by atoms with Crippen molar-refractivity contribution >= 4 is 27.5 Å². The smallest absolute Gasteiger partial charge is 0.271 e. The van der Waals surface area contributed by atoms with Crippen LogP contribution in [0.5, 0.6) is 0 Å². The number of benzene rings is 1. The summed E-state index contributed by atoms with van der Waals surface area (Å²) in [4.78, 5) is 0. The van der Waals surface area contributed by atoms with E-state index < -0.39 is 12.6 Å². The van der Waals surface area contributed by atoms with Gasteiger partial charge in [-0.05, 0) is 46.5 Å². The summed E-state index contributed by atoms with van der Waals surface area (Å²) in [6.07, 6.45) is -4.59. The Morgan fingerprint density at radius 2 is 2.06 bits per heavy atom. The van der Waals surface area contributed by atoms with Crippen molar-refractivity contribution in [2.75, 3.05) is 0 Å². The van der Waals surface area contributed by atoms with Crippen LogP contribution in [0.3, 0.4) is 0 Å². The van der Waals surface area contributed by atoms with Gasteiger partial charge in [-0.2, -0.15) is 13.2 Å². The van der Waals surface area contributed by atoms with E-state index in [-0.39, 0.29) is 12.5 Å². The molecule has 0 aromatic heterocycles. The van der Waals surface area contributed by atoms with Crippen molar-refractivity contribution in [3.05, 3.63) is 33.3 Å². The molecule has 0 aliphatic carbocycles. The summed E-state index contributed by atoms with van der Waals surface area (Å²) in [5, 5.41) is 0.546. The molecule has 0 aliphatic rings. The maximum Gasteiger partial charge on any atom is 0.389 e. The van der Waals surface area contributed by atoms with E-state index in [9.17, 15) is 13.2 Å². The zero-order valence-electron chi connectivity index (χ0n) is 9.40. The third-order valence-corrected chi connectivity index (χ3v) is 3.71. The lowest BCUT2D eigenvalue weighted by Gasteiger charge is -2.17. The van der Waals surface area contributed by atoms with Crippen LogP contribution in [0, 0.1) is 0 Å². The fourth-order valence-corrected chi connectivity index (χ4v) is 2.10. The van der Waals surface area contributed by atoms with Crippen molar-refractivity contribution in [1.82, 2.24) is 5.43 Å². The average Bonchev–Trinajstić information content (AvgIpc) is 2.27. The van der Waals surface area contributed by atoms with Gasteiger partial charge in [0, 0.05) is 16.9 Å². The molecule has 18 heavy (non-hydrogen) atoms. The van der Waals surface area contributed by atoms with Crippen molar-refractivity contribution in [3.63, 3.8) is 0 Å². The standard InChI is InChI=1S/C11H13BrClF3N2/c12-8-6-7(3-4-9(8)13)10(18-17)2-1-5-11(14,15)16/h3-4,6,10,18H,1-2,5,17H2. The number of nitrogens with one attached hydrogen (secondary N) is 1. The number of rotatable bonds is 5. The van der Waals surface area contributed by atoms with Gasteiger partial charge in [-0.15, -0.1) is 0 Å². The van der Waals surface area contributed by atoms with Gasteiger partial charge in [0.25, 0.3) is 0 Å². The molecule has 1 aromatic carbocycles. The van der Waals surface area contributed by atoms with Crippen LogP contribution in [0.4, 0.5) is 13.2 Å². The summed E-state index contributed by atoms with van der Waals surface area (Å²) in [7, 11) is 0. The Kier molecular flexibility index (Phi) is 5.91. The number of alkyl halides is 3. The number of hydrogen-bond donors (Lipinski definition) is 2. The second-order valence-electron chi connectivity index (χ2n) is 3.90. The van der Waals surface area contributed by atoms with E-state index in [1.807, 2.05) is 0 Å². The van der Waals surface area contributed by atoms with E-state index in [2.05, 4.69) is 21.4 Å². The summed E-state index contributed by atoms with van der Waals surface area (Å²) in [5.41, 5.74) is 3.32. The Bertz CT molecular complexity index is 398. The lowest BCUT2D eigenvalue weighted by molar-refractivity contribution is -0.135. The first-order chi connectivity index (χ1) is 8.33. The Labute approximate surface area is 117 Å². The monoisotopic (exact) mass is 344 g/mol. The summed E-state index contributed by atoms with van der Waals surface area (Å²) >= 11 is 9.11. The Hall–Kier alpha value is -0.300. The van der Waals surface area contributed by atoms with Crippen molar-refractivity contribution in [2.45, 2.75) is 31.5 Å². The van der Waals surface area contributed by atoms with Crippen LogP contribution >= 0.6 is 27.5 Å². The van der Waals surface area contributed by atoms with Crippen LogP contribution in [-0.4, -0.2) is 6.18 Å². The summed E-state index contributed by atoms with van der Waals surface area (Å²) in [6, 6.07) is 4.85. The lowest BCUT2D eigenvalue weighted by Crippen LogP contribution is -2.28. The molecule has 3 N–H and O–H groups in total. The number of nitrogens with two attached hydrogens (primary N) is 1. The molecule has 102 valence electrons. The van der Waals surface area contributed by atoms with E-state index in [1.165, 1.54) is 0 Å². The molecule has 1 unspecified atom stereocenters. The molecule has 0 spiro atoms. The van der Waals surface area contributed by atoms with E-state index in [1.54, 1.807) is 18.2 Å². The lowest BCUT2D eigenvalue weighted by atomic mass is 10.0. The second kappa shape index (κ2) is 6.75. The average molecular weight is 346 g/mol. The molecule has 2 nitrogen and oxygen atoms in total. The molecule has 0 saturated heterocycles. The van der Waals surface area contributed by atoms with E-state index in [0.717, 1.165) is 5.56 Å². The Morgan fingerprint density at radius 3 is 2.56 bits per heavy atom. The highest BCUT2D eigenvalue weighted by Gasteiger charge is 2.26. The van der Waals surface area contributed by atoms with Crippen LogP contribution in [0.15, 0.2) is 22.7 Å². The van der Waals surface area contributed by atoms with Gasteiger partial charge in [0.05, 0.1) is 5.02 Å². The third-order valence-electron chi connectivity index (χ3n) is 2.50. The quantitative estimate of drug-likeness (QED) is 0.615. The van der Waals surface area contributed by atoms with Crippen LogP contribution in [0.25, 0.3) is 0 Å². The molecular formula is C11H13BrClF3N2. The molecule has 0 saturated carbocycles. The highest BCUT2D eigenvalue weighted by Crippen LogP contribution is 2.29. The van der Waals surface area contributed by atoms with Gasteiger partial charge in [-0.3, -0.25) is 11.3 Å². The second-order valence-corrected chi connectivity index (χ2v) is 5.16. The van der Waals surface area contributed by atoms with Crippen LogP contribution in [-0.2, 0) is 0 Å². The summed E-state index contributed by atoms with van der Waals surface area (Å²) in [6.45, 7) is 0. The zero-order chi connectivity index (χ0) is 13.8. The predicted octanol–water partition coefficient (Wildman–Crippen LogP) is 4.34. The molecule has 0 bridgehead atoms. The minimum Gasteiger partial charge on any atom is -0.271 e. The molecule has 1 atom stereocenters. The van der Waals surface area contributed by atoms with Crippen molar-refractivity contribution in [3.8, 4) is 0 Å². The highest BCUT2D eigenvalue weighted by atomic mass is 79.9. The molecule has 0 aliphatic heterocycles. The summed E-state index contributed by atoms with van der Waals surface area (Å²) in [5.74, 6) is 5.36. The SMILES string of the molecule is NNC(CCCC(F)(F)F)c1ccc(Cl)c(Br)c1.